The molecular weight excluding hydrogens is 459 g/mol. The van der Waals surface area contributed by atoms with Gasteiger partial charge < -0.3 is 15.2 Å². The molecule has 1 fully saturated rings. The zero-order valence-corrected chi connectivity index (χ0v) is 19.5. The Hall–Kier alpha value is -4.46. The van der Waals surface area contributed by atoms with Gasteiger partial charge in [-0.1, -0.05) is 48.5 Å². The molecule has 1 saturated heterocycles. The van der Waals surface area contributed by atoms with Gasteiger partial charge in [-0.05, 0) is 43.2 Å². The van der Waals surface area contributed by atoms with E-state index in [1.807, 2.05) is 24.3 Å². The van der Waals surface area contributed by atoms with Crippen LogP contribution in [0.3, 0.4) is 0 Å². The van der Waals surface area contributed by atoms with Gasteiger partial charge in [-0.2, -0.15) is 0 Å². The topological polar surface area (TPSA) is 85.5 Å². The first-order valence-corrected chi connectivity index (χ1v) is 11.8. The Labute approximate surface area is 206 Å². The highest BCUT2D eigenvalue weighted by Crippen LogP contribution is 2.45. The highest BCUT2D eigenvalue weighted by Gasteiger charge is 2.59. The Morgan fingerprint density at radius 3 is 2.58 bits per heavy atom. The van der Waals surface area contributed by atoms with Gasteiger partial charge in [0.15, 0.2) is 5.54 Å². The summed E-state index contributed by atoms with van der Waals surface area (Å²) in [6.07, 6.45) is 0.618. The number of nitrogens with one attached hydrogen (secondary N) is 2. The lowest BCUT2D eigenvalue weighted by Crippen LogP contribution is -2.49. The van der Waals surface area contributed by atoms with Crippen molar-refractivity contribution in [2.24, 2.45) is 0 Å². The molecule has 2 aliphatic rings. The van der Waals surface area contributed by atoms with Crippen LogP contribution in [0.15, 0.2) is 72.8 Å². The summed E-state index contributed by atoms with van der Waals surface area (Å²) >= 11 is 0. The maximum absolute atomic E-state index is 14.0. The number of carbonyl (C=O) groups excluding carboxylic acids is 3. The van der Waals surface area contributed by atoms with Gasteiger partial charge in [0.25, 0.3) is 11.8 Å². The molecule has 36 heavy (non-hydrogen) atoms. The average Bonchev–Trinajstić information content (AvgIpc) is 3.37. The van der Waals surface area contributed by atoms with Gasteiger partial charge in [0.05, 0.1) is 16.9 Å². The fourth-order valence-electron chi connectivity index (χ4n) is 5.38. The third kappa shape index (κ3) is 3.07. The molecular formula is C28H23FN4O3. The van der Waals surface area contributed by atoms with Crippen LogP contribution in [-0.4, -0.2) is 34.3 Å². The molecule has 0 aliphatic carbocycles. The summed E-state index contributed by atoms with van der Waals surface area (Å²) in [4.78, 5) is 46.8. The minimum absolute atomic E-state index is 0.0238. The second-order valence-corrected chi connectivity index (χ2v) is 9.21. The number of para-hydroxylation sites is 2. The van der Waals surface area contributed by atoms with Gasteiger partial charge in [0, 0.05) is 29.6 Å². The van der Waals surface area contributed by atoms with Crippen molar-refractivity contribution < 1.29 is 18.8 Å². The van der Waals surface area contributed by atoms with Crippen molar-refractivity contribution >= 4 is 34.4 Å². The van der Waals surface area contributed by atoms with Gasteiger partial charge in [-0.3, -0.25) is 9.59 Å². The van der Waals surface area contributed by atoms with Crippen LogP contribution in [-0.2, 0) is 23.3 Å². The number of H-pyrrole nitrogens is 1. The molecule has 6 rings (SSSR count). The first-order valence-electron chi connectivity index (χ1n) is 11.8. The summed E-state index contributed by atoms with van der Waals surface area (Å²) in [6.45, 7) is 2.11. The van der Waals surface area contributed by atoms with E-state index in [0.717, 1.165) is 21.4 Å². The predicted octanol–water partition coefficient (Wildman–Crippen LogP) is 4.48. The second-order valence-electron chi connectivity index (χ2n) is 9.21. The average molecular weight is 483 g/mol. The van der Waals surface area contributed by atoms with Crippen LogP contribution in [0.5, 0.6) is 0 Å². The number of benzene rings is 3. The van der Waals surface area contributed by atoms with Crippen molar-refractivity contribution in [1.82, 2.24) is 15.2 Å². The normalized spacial score (nSPS) is 18.9. The lowest BCUT2D eigenvalue weighted by Gasteiger charge is -2.35. The Morgan fingerprint density at radius 1 is 1.03 bits per heavy atom. The van der Waals surface area contributed by atoms with E-state index < -0.39 is 29.2 Å². The Kier molecular flexibility index (Phi) is 4.93. The largest absolute Gasteiger partial charge is 0.356 e. The molecule has 1 aromatic heterocycles. The van der Waals surface area contributed by atoms with Crippen molar-refractivity contribution in [3.8, 4) is 0 Å². The Morgan fingerprint density at radius 2 is 1.75 bits per heavy atom. The van der Waals surface area contributed by atoms with E-state index in [1.165, 1.54) is 6.07 Å². The van der Waals surface area contributed by atoms with Gasteiger partial charge >= 0.3 is 6.03 Å². The van der Waals surface area contributed by atoms with E-state index in [2.05, 4.69) is 10.3 Å². The van der Waals surface area contributed by atoms with Crippen LogP contribution in [0.2, 0.25) is 0 Å². The van der Waals surface area contributed by atoms with Crippen LogP contribution in [0.1, 0.15) is 34.1 Å². The summed E-state index contributed by atoms with van der Waals surface area (Å²) in [6, 6.07) is 20.0. The Bertz CT molecular complexity index is 1560. The van der Waals surface area contributed by atoms with Crippen LogP contribution >= 0.6 is 0 Å². The van der Waals surface area contributed by atoms with E-state index >= 15 is 0 Å². The molecule has 0 saturated carbocycles. The molecule has 0 spiro atoms. The number of imide groups is 1. The highest BCUT2D eigenvalue weighted by molar-refractivity contribution is 6.25. The van der Waals surface area contributed by atoms with E-state index in [1.54, 1.807) is 54.3 Å². The van der Waals surface area contributed by atoms with Crippen molar-refractivity contribution in [3.05, 3.63) is 101 Å². The number of urea groups is 1. The van der Waals surface area contributed by atoms with Gasteiger partial charge in [-0.25, -0.2) is 14.1 Å². The van der Waals surface area contributed by atoms with Gasteiger partial charge in [-0.15, -0.1) is 0 Å². The van der Waals surface area contributed by atoms with E-state index in [-0.39, 0.29) is 17.8 Å². The number of halogens is 1. The monoisotopic (exact) mass is 482 g/mol. The lowest BCUT2D eigenvalue weighted by atomic mass is 9.87. The number of rotatable bonds is 4. The number of anilines is 1. The molecule has 2 N–H and O–H groups in total. The lowest BCUT2D eigenvalue weighted by molar-refractivity contribution is -0.125. The van der Waals surface area contributed by atoms with Crippen molar-refractivity contribution in [1.29, 1.82) is 0 Å². The molecule has 3 aromatic carbocycles. The minimum atomic E-state index is -1.22. The molecule has 7 nitrogen and oxygen atoms in total. The number of hydrogen-bond acceptors (Lipinski definition) is 3. The van der Waals surface area contributed by atoms with E-state index in [9.17, 15) is 18.8 Å². The fraction of sp³-hybridized carbons (Fsp3) is 0.179. The first kappa shape index (κ1) is 22.0. The minimum Gasteiger partial charge on any atom is -0.356 e. The summed E-state index contributed by atoms with van der Waals surface area (Å²) in [5.74, 6) is -1.35. The highest BCUT2D eigenvalue weighted by atomic mass is 19.1. The molecule has 0 unspecified atom stereocenters. The third-order valence-electron chi connectivity index (χ3n) is 7.25. The van der Waals surface area contributed by atoms with E-state index in [0.29, 0.717) is 24.2 Å². The van der Waals surface area contributed by atoms with Crippen LogP contribution in [0.25, 0.3) is 10.9 Å². The number of hydrogen-bond donors (Lipinski definition) is 2. The molecule has 2 aliphatic heterocycles. The Balaban J connectivity index is 1.37. The van der Waals surface area contributed by atoms with Gasteiger partial charge in [0.1, 0.15) is 5.82 Å². The van der Waals surface area contributed by atoms with Crippen LogP contribution < -0.4 is 10.2 Å². The van der Waals surface area contributed by atoms with Crippen molar-refractivity contribution in [2.75, 3.05) is 11.4 Å². The van der Waals surface area contributed by atoms with Crippen LogP contribution in [0.4, 0.5) is 14.9 Å². The summed E-state index contributed by atoms with van der Waals surface area (Å²) in [5, 5.41) is 3.75. The number of aromatic amines is 1. The molecule has 4 aromatic rings. The van der Waals surface area contributed by atoms with Crippen LogP contribution in [0, 0.1) is 5.82 Å². The molecule has 8 heteroatoms. The first-order chi connectivity index (χ1) is 17.4. The molecule has 3 heterocycles. The molecule has 0 radical (unpaired) electrons. The fourth-order valence-corrected chi connectivity index (χ4v) is 5.38. The summed E-state index contributed by atoms with van der Waals surface area (Å²) in [5.41, 5.74) is 2.13. The maximum atomic E-state index is 14.0. The maximum Gasteiger partial charge on any atom is 0.332 e. The van der Waals surface area contributed by atoms with E-state index in [4.69, 9.17) is 0 Å². The number of nitrogens with zero attached hydrogens (tertiary/aromatic N) is 2. The number of fused-ring (bicyclic) bond motifs is 5. The molecule has 1 atom stereocenters. The predicted molar refractivity (Wildman–Crippen MR) is 133 cm³/mol. The number of aromatic nitrogens is 1. The quantitative estimate of drug-likeness (QED) is 0.421. The molecule has 0 bridgehead atoms. The number of carbonyl (C=O) groups is 3. The number of amides is 4. The second kappa shape index (κ2) is 8.05. The standard InChI is InChI=1S/C28H23FN4O3/c1-28-24-19(18-9-3-6-12-22(18)31-24)14-15-32(28)27(36)33(26(28)35)23-13-7-4-10-20(23)25(34)30-16-17-8-2-5-11-21(17)29/h2-13,31H,14-16H2,1H3,(H,30,34)/t28-/m0/s1. The molecule has 180 valence electrons. The van der Waals surface area contributed by atoms with Crippen molar-refractivity contribution in [2.45, 2.75) is 25.4 Å². The smallest absolute Gasteiger partial charge is 0.332 e. The third-order valence-corrected chi connectivity index (χ3v) is 7.25. The van der Waals surface area contributed by atoms with Crippen molar-refractivity contribution in [3.63, 3.8) is 0 Å². The zero-order chi connectivity index (χ0) is 25.0. The zero-order valence-electron chi connectivity index (χ0n) is 19.5. The SMILES string of the molecule is C[C@]12C(=O)N(c3ccccc3C(=O)NCc3ccccc3F)C(=O)N1CCc1c2[nH]c2ccccc12. The summed E-state index contributed by atoms with van der Waals surface area (Å²) in [7, 11) is 0. The summed E-state index contributed by atoms with van der Waals surface area (Å²) < 4.78 is 14.0. The molecule has 4 amide bonds. The van der Waals surface area contributed by atoms with Gasteiger partial charge in [0.2, 0.25) is 0 Å².